The number of carboxylic acids is 1. The largest absolute Gasteiger partial charge is 0.504 e. The molecule has 72 heavy (non-hydrogen) atoms. The van der Waals surface area contributed by atoms with Gasteiger partial charge in [-0.15, -0.1) is 0 Å². The highest BCUT2D eigenvalue weighted by atomic mass is 19.1. The summed E-state index contributed by atoms with van der Waals surface area (Å²) in [4.78, 5) is 41.9. The van der Waals surface area contributed by atoms with Crippen LogP contribution in [0, 0.1) is 20.8 Å². The number of aliphatic carboxylic acids is 1. The Bertz CT molecular complexity index is 2540. The van der Waals surface area contributed by atoms with Crippen molar-refractivity contribution < 1.29 is 78.5 Å². The van der Waals surface area contributed by atoms with Gasteiger partial charge < -0.3 is 53.6 Å². The number of esters is 2. The van der Waals surface area contributed by atoms with Gasteiger partial charge in [0.25, 0.3) is 0 Å². The summed E-state index contributed by atoms with van der Waals surface area (Å²) in [5.74, 6) is 1.54. The average molecular weight is 998 g/mol. The number of carbonyl (C=O) groups excluding carboxylic acids is 3. The zero-order chi connectivity index (χ0) is 55.1. The Morgan fingerprint density at radius 2 is 0.819 bits per heavy atom. The van der Waals surface area contributed by atoms with E-state index < -0.39 is 19.1 Å². The van der Waals surface area contributed by atoms with Crippen molar-refractivity contribution in [2.45, 2.75) is 20.8 Å². The number of aryl methyl sites for hydroxylation is 3. The number of carbonyl (C=O) groups is 4. The minimum absolute atomic E-state index is 0.0139. The van der Waals surface area contributed by atoms with Crippen LogP contribution in [-0.4, -0.2) is 108 Å². The summed E-state index contributed by atoms with van der Waals surface area (Å²) in [6.45, 7) is 5.99. The first kappa shape index (κ1) is 61.4. The van der Waals surface area contributed by atoms with E-state index in [1.807, 2.05) is 81.4 Å². The van der Waals surface area contributed by atoms with Crippen molar-refractivity contribution in [1.82, 2.24) is 0 Å². The third-order valence-electron chi connectivity index (χ3n) is 9.09. The van der Waals surface area contributed by atoms with Crippen molar-refractivity contribution in [3.8, 4) is 40.2 Å². The van der Waals surface area contributed by atoms with Crippen LogP contribution in [0.1, 0.15) is 45.9 Å². The number of benzene rings is 5. The van der Waals surface area contributed by atoms with Gasteiger partial charge in [-0.1, -0.05) is 48.6 Å². The maximum Gasteiger partial charge on any atom is 0.330 e. The fourth-order valence-corrected chi connectivity index (χ4v) is 5.61. The number of ether oxygens (including phenoxy) is 7. The van der Waals surface area contributed by atoms with Gasteiger partial charge in [0.2, 0.25) is 0 Å². The summed E-state index contributed by atoms with van der Waals surface area (Å²) in [5.41, 5.74) is 7.52. The second-order valence-corrected chi connectivity index (χ2v) is 14.0. The monoisotopic (exact) mass is 997 g/mol. The first-order chi connectivity index (χ1) is 34.9. The van der Waals surface area contributed by atoms with Gasteiger partial charge in [-0.25, -0.2) is 14.4 Å². The maximum absolute atomic E-state index is 10.9. The van der Waals surface area contributed by atoms with Crippen LogP contribution in [-0.2, 0) is 28.7 Å². The molecule has 0 unspecified atom stereocenters. The van der Waals surface area contributed by atoms with Crippen LogP contribution in [0.25, 0.3) is 30.4 Å². The van der Waals surface area contributed by atoms with Crippen molar-refractivity contribution in [3.05, 3.63) is 166 Å². The van der Waals surface area contributed by atoms with Gasteiger partial charge in [0.15, 0.2) is 23.0 Å². The van der Waals surface area contributed by atoms with Gasteiger partial charge in [-0.3, -0.25) is 9.18 Å². The number of hydrogen-bond acceptors (Lipinski definition) is 14. The van der Waals surface area contributed by atoms with E-state index in [0.29, 0.717) is 22.6 Å². The minimum Gasteiger partial charge on any atom is -0.504 e. The molecule has 0 amide bonds. The van der Waals surface area contributed by atoms with Crippen LogP contribution >= 0.6 is 0 Å². The Morgan fingerprint density at radius 1 is 0.514 bits per heavy atom. The number of phenols is 2. The third-order valence-corrected chi connectivity index (χ3v) is 9.09. The SMILES string of the molecule is COC(=O)C=Cc1ccc(OC)c(C)c1.COC(=O)C=Cc1ccc(OC)c(O)c1.COc1ccc(/C=C/C(=O)O)cc1O.COc1ccc(/C=C/C=O)cc1C.COc1ccc(/C=C/CO)cc1C.[2H]CF. The van der Waals surface area contributed by atoms with Crippen LogP contribution in [0.3, 0.4) is 0 Å². The first-order valence-electron chi connectivity index (χ1n) is 22.0. The molecule has 0 saturated heterocycles. The van der Waals surface area contributed by atoms with E-state index in [-0.39, 0.29) is 24.1 Å². The molecule has 386 valence electrons. The van der Waals surface area contributed by atoms with Crippen molar-refractivity contribution >= 4 is 54.6 Å². The molecule has 0 spiro atoms. The lowest BCUT2D eigenvalue weighted by Crippen LogP contribution is -1.93. The summed E-state index contributed by atoms with van der Waals surface area (Å²) in [6, 6.07) is 26.8. The van der Waals surface area contributed by atoms with Crippen molar-refractivity contribution in [2.75, 3.05) is 63.5 Å². The fourth-order valence-electron chi connectivity index (χ4n) is 5.61. The summed E-state index contributed by atoms with van der Waals surface area (Å²) in [5, 5.41) is 35.7. The molecule has 0 bridgehead atoms. The molecule has 4 N–H and O–H groups in total. The van der Waals surface area contributed by atoms with Crippen LogP contribution in [0.4, 0.5) is 4.39 Å². The molecular weight excluding hydrogens is 932 g/mol. The smallest absolute Gasteiger partial charge is 0.330 e. The summed E-state index contributed by atoms with van der Waals surface area (Å²) in [7, 11) is 9.51. The number of aldehydes is 1. The Hall–Kier alpha value is -8.63. The van der Waals surface area contributed by atoms with E-state index in [1.54, 1.807) is 69.9 Å². The lowest BCUT2D eigenvalue weighted by Gasteiger charge is -2.04. The first-order valence-corrected chi connectivity index (χ1v) is 21.3. The number of carboxylic acid groups (broad SMARTS) is 1. The van der Waals surface area contributed by atoms with Crippen molar-refractivity contribution in [2.24, 2.45) is 0 Å². The molecule has 5 aromatic rings. The van der Waals surface area contributed by atoms with Crippen LogP contribution in [0.15, 0.2) is 121 Å². The molecule has 0 aliphatic rings. The molecule has 5 aromatic carbocycles. The zero-order valence-electron chi connectivity index (χ0n) is 43.1. The Kier molecular flexibility index (Phi) is 31.8. The molecule has 0 aliphatic heterocycles. The second-order valence-electron chi connectivity index (χ2n) is 14.0. The molecule has 16 heteroatoms. The van der Waals surface area contributed by atoms with Crippen LogP contribution < -0.4 is 23.7 Å². The standard InChI is InChI=1S/C12H14O3.C11H12O4.C11H14O2.C11H12O2.C10H10O4.CH3F/c1-9-8-10(4-6-11(9)14-2)5-7-12(13)15-3;1-14-10-5-3-8(7-9(10)12)4-6-11(13)15-2;2*1-9-8-10(4-3-7-12)5-6-11(9)13-2;1-14-9-4-2-7(6-8(9)11)3-5-10(12)13;1-2/h4-8H,1-3H3;3-7,12H,1-2H3;3-6,8,12H,7H2,1-2H3;3-8H,1-2H3;2-6,11H,1H3,(H,12,13);1H3/b;;2*4-3+;5-3+;/i;;;;;1D. The topological polar surface area (TPSA) is 214 Å². The van der Waals surface area contributed by atoms with E-state index >= 15 is 0 Å². The number of hydrogen-bond donors (Lipinski definition) is 4. The number of aliphatic hydroxyl groups is 1. The van der Waals surface area contributed by atoms with E-state index in [9.17, 15) is 33.8 Å². The highest BCUT2D eigenvalue weighted by Crippen LogP contribution is 2.28. The molecule has 0 atom stereocenters. The molecule has 0 aliphatic carbocycles. The lowest BCUT2D eigenvalue weighted by molar-refractivity contribution is -0.135. The average Bonchev–Trinajstić information content (AvgIpc) is 3.38. The molecule has 0 heterocycles. The normalized spacial score (nSPS) is 10.4. The quantitative estimate of drug-likeness (QED) is 0.0436. The fraction of sp³-hybridized carbons (Fsp3) is 0.214. The Balaban J connectivity index is 0.000000876. The zero-order valence-corrected chi connectivity index (χ0v) is 42.1. The predicted octanol–water partition coefficient (Wildman–Crippen LogP) is 10.1. The highest BCUT2D eigenvalue weighted by molar-refractivity contribution is 5.88. The molecule has 0 fully saturated rings. The van der Waals surface area contributed by atoms with E-state index in [0.717, 1.165) is 63.0 Å². The van der Waals surface area contributed by atoms with Crippen LogP contribution in [0.5, 0.6) is 40.2 Å². The highest BCUT2D eigenvalue weighted by Gasteiger charge is 2.03. The summed E-state index contributed by atoms with van der Waals surface area (Å²) < 4.78 is 49.5. The number of methoxy groups -OCH3 is 7. The van der Waals surface area contributed by atoms with Crippen LogP contribution in [0.2, 0.25) is 0 Å². The Morgan fingerprint density at radius 3 is 1.10 bits per heavy atom. The van der Waals surface area contributed by atoms with Crippen molar-refractivity contribution in [1.29, 1.82) is 0 Å². The maximum atomic E-state index is 10.9. The predicted molar refractivity (Wildman–Crippen MR) is 280 cm³/mol. The summed E-state index contributed by atoms with van der Waals surface area (Å²) in [6.07, 6.45) is 15.9. The molecular formula is C56H65FO15. The Labute approximate surface area is 422 Å². The minimum atomic E-state index is -1.03. The number of alkyl halides is 1. The van der Waals surface area contributed by atoms with Gasteiger partial charge in [-0.2, -0.15) is 0 Å². The summed E-state index contributed by atoms with van der Waals surface area (Å²) >= 11 is 0. The number of aliphatic hydroxyl groups excluding tert-OH is 1. The number of phenolic OH excluding ortho intramolecular Hbond substituents is 2. The number of halogens is 1. The lowest BCUT2D eigenvalue weighted by atomic mass is 10.1. The molecule has 0 aromatic heterocycles. The van der Waals surface area contributed by atoms with Gasteiger partial charge in [0.05, 0.1) is 64.9 Å². The van der Waals surface area contributed by atoms with E-state index in [4.69, 9.17) is 35.3 Å². The number of aromatic hydroxyl groups is 2. The molecule has 15 nitrogen and oxygen atoms in total. The van der Waals surface area contributed by atoms with E-state index in [1.165, 1.54) is 64.9 Å². The molecule has 0 radical (unpaired) electrons. The van der Waals surface area contributed by atoms with Gasteiger partial charge in [0.1, 0.15) is 23.5 Å². The second kappa shape index (κ2) is 37.3. The van der Waals surface area contributed by atoms with Crippen molar-refractivity contribution in [3.63, 3.8) is 0 Å². The van der Waals surface area contributed by atoms with E-state index in [2.05, 4.69) is 9.47 Å². The van der Waals surface area contributed by atoms with Gasteiger partial charge in [0, 0.05) is 18.2 Å². The number of allylic oxidation sites excluding steroid dienone is 1. The number of rotatable bonds is 15. The van der Waals surface area contributed by atoms with Gasteiger partial charge >= 0.3 is 17.9 Å². The molecule has 0 saturated carbocycles. The third kappa shape index (κ3) is 25.7. The van der Waals surface area contributed by atoms with Gasteiger partial charge in [-0.05, 0) is 150 Å². The molecule has 5 rings (SSSR count).